The van der Waals surface area contributed by atoms with E-state index in [0.29, 0.717) is 28.2 Å². The lowest BCUT2D eigenvalue weighted by molar-refractivity contribution is 0.102. The molecule has 0 fully saturated rings. The molecule has 2 heterocycles. The van der Waals surface area contributed by atoms with Gasteiger partial charge in [0.1, 0.15) is 11.4 Å². The standard InChI is InChI=1S/C14H11BrN4O2/c1-21-10-6-8(15)5-9(7-10)17-14(20)12-11-3-2-4-16-13(11)19-18-12/h2-7H,1H3,(H,17,20)(H,16,18,19). The number of anilines is 1. The maximum atomic E-state index is 12.3. The van der Waals surface area contributed by atoms with Crippen molar-refractivity contribution in [1.82, 2.24) is 15.2 Å². The molecule has 2 N–H and O–H groups in total. The largest absolute Gasteiger partial charge is 0.497 e. The van der Waals surface area contributed by atoms with Gasteiger partial charge in [-0.2, -0.15) is 5.10 Å². The Bertz CT molecular complexity index is 816. The monoisotopic (exact) mass is 346 g/mol. The smallest absolute Gasteiger partial charge is 0.274 e. The maximum absolute atomic E-state index is 12.3. The van der Waals surface area contributed by atoms with E-state index in [2.05, 4.69) is 36.4 Å². The lowest BCUT2D eigenvalue weighted by Gasteiger charge is -2.07. The number of H-pyrrole nitrogens is 1. The Labute approximate surface area is 128 Å². The number of aromatic nitrogens is 3. The normalized spacial score (nSPS) is 10.6. The van der Waals surface area contributed by atoms with Crippen molar-refractivity contribution in [2.24, 2.45) is 0 Å². The molecular weight excluding hydrogens is 336 g/mol. The molecule has 0 unspecified atom stereocenters. The number of pyridine rings is 1. The number of hydrogen-bond acceptors (Lipinski definition) is 4. The third kappa shape index (κ3) is 2.73. The zero-order valence-corrected chi connectivity index (χ0v) is 12.6. The van der Waals surface area contributed by atoms with Gasteiger partial charge in [0.25, 0.3) is 5.91 Å². The summed E-state index contributed by atoms with van der Waals surface area (Å²) in [4.78, 5) is 16.4. The fraction of sp³-hybridized carbons (Fsp3) is 0.0714. The lowest BCUT2D eigenvalue weighted by Crippen LogP contribution is -2.12. The van der Waals surface area contributed by atoms with Gasteiger partial charge in [-0.1, -0.05) is 15.9 Å². The van der Waals surface area contributed by atoms with Crippen molar-refractivity contribution in [3.8, 4) is 5.75 Å². The molecule has 3 aromatic rings. The SMILES string of the molecule is COc1cc(Br)cc(NC(=O)c2[nH]nc3ncccc23)c1. The van der Waals surface area contributed by atoms with Crippen molar-refractivity contribution in [2.75, 3.05) is 12.4 Å². The molecule has 0 aliphatic rings. The Morgan fingerprint density at radius 1 is 1.38 bits per heavy atom. The van der Waals surface area contributed by atoms with Gasteiger partial charge in [-0.15, -0.1) is 0 Å². The predicted octanol–water partition coefficient (Wildman–Crippen LogP) is 2.98. The second kappa shape index (κ2) is 5.53. The molecule has 0 atom stereocenters. The number of methoxy groups -OCH3 is 1. The Kier molecular flexibility index (Phi) is 3.57. The van der Waals surface area contributed by atoms with Gasteiger partial charge in [-0.05, 0) is 24.3 Å². The fourth-order valence-corrected chi connectivity index (χ4v) is 2.44. The summed E-state index contributed by atoms with van der Waals surface area (Å²) in [7, 11) is 1.57. The number of nitrogens with one attached hydrogen (secondary N) is 2. The number of rotatable bonds is 3. The van der Waals surface area contributed by atoms with Gasteiger partial charge in [0.15, 0.2) is 5.65 Å². The average Bonchev–Trinajstić information content (AvgIpc) is 2.90. The molecule has 0 aliphatic carbocycles. The van der Waals surface area contributed by atoms with Crippen molar-refractivity contribution in [3.05, 3.63) is 46.7 Å². The van der Waals surface area contributed by atoms with Crippen molar-refractivity contribution < 1.29 is 9.53 Å². The van der Waals surface area contributed by atoms with Gasteiger partial charge in [-0.3, -0.25) is 9.89 Å². The van der Waals surface area contributed by atoms with Crippen molar-refractivity contribution in [3.63, 3.8) is 0 Å². The van der Waals surface area contributed by atoms with E-state index in [1.54, 1.807) is 37.6 Å². The van der Waals surface area contributed by atoms with Gasteiger partial charge >= 0.3 is 0 Å². The summed E-state index contributed by atoms with van der Waals surface area (Å²) in [5.74, 6) is 0.362. The molecule has 1 aromatic carbocycles. The summed E-state index contributed by atoms with van der Waals surface area (Å²) in [5, 5.41) is 10.2. The highest BCUT2D eigenvalue weighted by atomic mass is 79.9. The second-order valence-corrected chi connectivity index (χ2v) is 5.22. The van der Waals surface area contributed by atoms with E-state index in [9.17, 15) is 4.79 Å². The quantitative estimate of drug-likeness (QED) is 0.763. The van der Waals surface area contributed by atoms with E-state index in [1.807, 2.05) is 6.07 Å². The topological polar surface area (TPSA) is 79.9 Å². The van der Waals surface area contributed by atoms with Crippen LogP contribution in [-0.2, 0) is 0 Å². The lowest BCUT2D eigenvalue weighted by atomic mass is 10.2. The highest BCUT2D eigenvalue weighted by Gasteiger charge is 2.14. The molecule has 0 saturated heterocycles. The third-order valence-electron chi connectivity index (χ3n) is 2.92. The van der Waals surface area contributed by atoms with Gasteiger partial charge in [0.05, 0.1) is 12.5 Å². The summed E-state index contributed by atoms with van der Waals surface area (Å²) in [6, 6.07) is 8.89. The molecule has 0 aliphatic heterocycles. The number of amides is 1. The second-order valence-electron chi connectivity index (χ2n) is 4.31. The average molecular weight is 347 g/mol. The number of fused-ring (bicyclic) bond motifs is 1. The van der Waals surface area contributed by atoms with Crippen LogP contribution in [0.5, 0.6) is 5.75 Å². The minimum Gasteiger partial charge on any atom is -0.497 e. The molecular formula is C14H11BrN4O2. The number of carbonyl (C=O) groups excluding carboxylic acids is 1. The highest BCUT2D eigenvalue weighted by molar-refractivity contribution is 9.10. The minimum absolute atomic E-state index is 0.286. The maximum Gasteiger partial charge on any atom is 0.274 e. The summed E-state index contributed by atoms with van der Waals surface area (Å²) in [6.07, 6.45) is 1.63. The van der Waals surface area contributed by atoms with Gasteiger partial charge in [-0.25, -0.2) is 4.98 Å². The Balaban J connectivity index is 1.91. The van der Waals surface area contributed by atoms with Crippen LogP contribution >= 0.6 is 15.9 Å². The number of ether oxygens (including phenoxy) is 1. The van der Waals surface area contributed by atoms with Crippen LogP contribution in [0, 0.1) is 0 Å². The Morgan fingerprint density at radius 2 is 2.24 bits per heavy atom. The first-order valence-corrected chi connectivity index (χ1v) is 6.91. The summed E-state index contributed by atoms with van der Waals surface area (Å²) in [6.45, 7) is 0. The molecule has 106 valence electrons. The van der Waals surface area contributed by atoms with Crippen LogP contribution < -0.4 is 10.1 Å². The molecule has 7 heteroatoms. The van der Waals surface area contributed by atoms with Crippen LogP contribution in [0.2, 0.25) is 0 Å². The van der Waals surface area contributed by atoms with Crippen LogP contribution in [0.3, 0.4) is 0 Å². The molecule has 1 amide bonds. The van der Waals surface area contributed by atoms with Gasteiger partial charge in [0.2, 0.25) is 0 Å². The Morgan fingerprint density at radius 3 is 3.05 bits per heavy atom. The van der Waals surface area contributed by atoms with Crippen LogP contribution in [0.1, 0.15) is 10.5 Å². The fourth-order valence-electron chi connectivity index (χ4n) is 1.97. The molecule has 0 spiro atoms. The third-order valence-corrected chi connectivity index (χ3v) is 3.38. The number of hydrogen-bond donors (Lipinski definition) is 2. The highest BCUT2D eigenvalue weighted by Crippen LogP contribution is 2.25. The minimum atomic E-state index is -0.286. The summed E-state index contributed by atoms with van der Waals surface area (Å²) < 4.78 is 5.98. The van der Waals surface area contributed by atoms with E-state index in [4.69, 9.17) is 4.74 Å². The van der Waals surface area contributed by atoms with E-state index in [1.165, 1.54) is 0 Å². The molecule has 0 radical (unpaired) electrons. The molecule has 2 aromatic heterocycles. The molecule has 21 heavy (non-hydrogen) atoms. The van der Waals surface area contributed by atoms with Crippen LogP contribution in [0.25, 0.3) is 11.0 Å². The first-order valence-electron chi connectivity index (χ1n) is 6.12. The summed E-state index contributed by atoms with van der Waals surface area (Å²) >= 11 is 3.37. The zero-order chi connectivity index (χ0) is 14.8. The number of aromatic amines is 1. The molecule has 0 saturated carbocycles. The van der Waals surface area contributed by atoms with Crippen LogP contribution in [-0.4, -0.2) is 28.2 Å². The number of nitrogens with zero attached hydrogens (tertiary/aromatic N) is 2. The predicted molar refractivity (Wildman–Crippen MR) is 82.5 cm³/mol. The summed E-state index contributed by atoms with van der Waals surface area (Å²) in [5.41, 5.74) is 1.50. The first-order chi connectivity index (χ1) is 10.2. The Hall–Kier alpha value is -2.41. The number of benzene rings is 1. The number of halogens is 1. The first kappa shape index (κ1) is 13.6. The van der Waals surface area contributed by atoms with E-state index in [0.717, 1.165) is 4.47 Å². The molecule has 0 bridgehead atoms. The van der Waals surface area contributed by atoms with Crippen molar-refractivity contribution in [1.29, 1.82) is 0 Å². The van der Waals surface area contributed by atoms with Gasteiger partial charge in [0, 0.05) is 22.4 Å². The van der Waals surface area contributed by atoms with Gasteiger partial charge < -0.3 is 10.1 Å². The van der Waals surface area contributed by atoms with Crippen LogP contribution in [0.4, 0.5) is 5.69 Å². The molecule has 3 rings (SSSR count). The van der Waals surface area contributed by atoms with E-state index < -0.39 is 0 Å². The zero-order valence-electron chi connectivity index (χ0n) is 11.1. The molecule has 6 nitrogen and oxygen atoms in total. The van der Waals surface area contributed by atoms with E-state index in [-0.39, 0.29) is 5.91 Å². The van der Waals surface area contributed by atoms with Crippen molar-refractivity contribution in [2.45, 2.75) is 0 Å². The van der Waals surface area contributed by atoms with Crippen LogP contribution in [0.15, 0.2) is 41.0 Å². The van der Waals surface area contributed by atoms with E-state index >= 15 is 0 Å². The van der Waals surface area contributed by atoms with Crippen molar-refractivity contribution >= 4 is 38.6 Å². The number of carbonyl (C=O) groups is 1.